The summed E-state index contributed by atoms with van der Waals surface area (Å²) in [5, 5.41) is 22.0. The van der Waals surface area contributed by atoms with Crippen molar-refractivity contribution in [3.8, 4) is 0 Å². The van der Waals surface area contributed by atoms with E-state index in [0.717, 1.165) is 0 Å². The zero-order valence-electron chi connectivity index (χ0n) is 10.3. The lowest BCUT2D eigenvalue weighted by Gasteiger charge is -2.13. The van der Waals surface area contributed by atoms with Gasteiger partial charge in [0.25, 0.3) is 0 Å². The molecule has 0 spiro atoms. The average molecular weight is 318 g/mol. The van der Waals surface area contributed by atoms with E-state index in [4.69, 9.17) is 28.3 Å². The Morgan fingerprint density at radius 1 is 1.25 bits per heavy atom. The first-order valence-electron chi connectivity index (χ1n) is 6.03. The third-order valence-corrected chi connectivity index (χ3v) is 3.62. The fourth-order valence-electron chi connectivity index (χ4n) is 1.97. The number of hydrogen-bond acceptors (Lipinski definition) is 3. The van der Waals surface area contributed by atoms with Gasteiger partial charge in [-0.1, -0.05) is 23.2 Å². The van der Waals surface area contributed by atoms with E-state index >= 15 is 0 Å². The Morgan fingerprint density at radius 2 is 1.85 bits per heavy atom. The van der Waals surface area contributed by atoms with Crippen LogP contribution in [0.1, 0.15) is 18.1 Å². The minimum atomic E-state index is -0.965. The number of carboxylic acids is 1. The summed E-state index contributed by atoms with van der Waals surface area (Å²) < 4.78 is 0. The smallest absolute Gasteiger partial charge is 0.307 e. The van der Waals surface area contributed by atoms with E-state index in [1.807, 2.05) is 0 Å². The van der Waals surface area contributed by atoms with Crippen molar-refractivity contribution in [2.24, 2.45) is 11.8 Å². The lowest BCUT2D eigenvalue weighted by Crippen LogP contribution is -2.30. The van der Waals surface area contributed by atoms with Crippen LogP contribution >= 0.6 is 23.2 Å². The molecular formula is C13H13Cl2NO4. The molecule has 2 rings (SSSR count). The first-order chi connectivity index (χ1) is 9.38. The van der Waals surface area contributed by atoms with Crippen molar-refractivity contribution < 1.29 is 19.8 Å². The maximum atomic E-state index is 11.7. The van der Waals surface area contributed by atoms with Crippen LogP contribution in [0.25, 0.3) is 0 Å². The van der Waals surface area contributed by atoms with Gasteiger partial charge in [0, 0.05) is 16.6 Å². The normalized spacial score (nSPS) is 22.1. The minimum Gasteiger partial charge on any atom is -0.481 e. The van der Waals surface area contributed by atoms with E-state index in [1.54, 1.807) is 18.2 Å². The molecule has 0 aliphatic heterocycles. The molecule has 1 aromatic rings. The molecule has 3 N–H and O–H groups in total. The maximum absolute atomic E-state index is 11.7. The van der Waals surface area contributed by atoms with Gasteiger partial charge in [-0.3, -0.25) is 9.59 Å². The van der Waals surface area contributed by atoms with Gasteiger partial charge in [-0.2, -0.15) is 0 Å². The zero-order chi connectivity index (χ0) is 14.9. The third kappa shape index (κ3) is 3.62. The second-order valence-electron chi connectivity index (χ2n) is 4.75. The van der Waals surface area contributed by atoms with Crippen molar-refractivity contribution in [2.45, 2.75) is 12.5 Å². The zero-order valence-corrected chi connectivity index (χ0v) is 11.9. The summed E-state index contributed by atoms with van der Waals surface area (Å²) in [6.45, 7) is -0.0155. The van der Waals surface area contributed by atoms with Gasteiger partial charge in [0.2, 0.25) is 5.91 Å². The summed E-state index contributed by atoms with van der Waals surface area (Å²) in [6.07, 6.45) is -0.600. The summed E-state index contributed by atoms with van der Waals surface area (Å²) in [5.74, 6) is -2.42. The van der Waals surface area contributed by atoms with E-state index in [0.29, 0.717) is 22.0 Å². The maximum Gasteiger partial charge on any atom is 0.307 e. The van der Waals surface area contributed by atoms with E-state index in [-0.39, 0.29) is 12.5 Å². The number of rotatable bonds is 5. The SMILES string of the molecule is O=C(NC[C@@H](O)c1cc(Cl)cc(Cl)c1)[C@H]1C[C@H]1C(=O)O. The number of aliphatic hydroxyl groups excluding tert-OH is 1. The van der Waals surface area contributed by atoms with Crippen molar-refractivity contribution in [1.82, 2.24) is 5.32 Å². The molecule has 20 heavy (non-hydrogen) atoms. The monoisotopic (exact) mass is 317 g/mol. The highest BCUT2D eigenvalue weighted by Crippen LogP contribution is 2.38. The Morgan fingerprint density at radius 3 is 2.35 bits per heavy atom. The van der Waals surface area contributed by atoms with Gasteiger partial charge in [0.1, 0.15) is 0 Å². The van der Waals surface area contributed by atoms with Crippen LogP contribution in [0.5, 0.6) is 0 Å². The van der Waals surface area contributed by atoms with Crippen LogP contribution in [0.4, 0.5) is 0 Å². The number of hydrogen-bond donors (Lipinski definition) is 3. The molecule has 7 heteroatoms. The Labute approximate surface area is 125 Å². The van der Waals surface area contributed by atoms with E-state index in [2.05, 4.69) is 5.32 Å². The molecule has 0 heterocycles. The number of carboxylic acid groups (broad SMARTS) is 1. The summed E-state index contributed by atoms with van der Waals surface area (Å²) in [7, 11) is 0. The summed E-state index contributed by atoms with van der Waals surface area (Å²) in [5.41, 5.74) is 0.494. The van der Waals surface area contributed by atoms with Gasteiger partial charge < -0.3 is 15.5 Å². The average Bonchev–Trinajstić information content (AvgIpc) is 3.14. The molecule has 1 aromatic carbocycles. The molecule has 1 saturated carbocycles. The third-order valence-electron chi connectivity index (χ3n) is 3.18. The van der Waals surface area contributed by atoms with Crippen molar-refractivity contribution >= 4 is 35.1 Å². The van der Waals surface area contributed by atoms with Gasteiger partial charge in [0.05, 0.1) is 17.9 Å². The molecule has 0 saturated heterocycles. The van der Waals surface area contributed by atoms with Crippen molar-refractivity contribution in [1.29, 1.82) is 0 Å². The van der Waals surface area contributed by atoms with Gasteiger partial charge in [-0.15, -0.1) is 0 Å². The van der Waals surface area contributed by atoms with E-state index in [1.165, 1.54) is 0 Å². The van der Waals surface area contributed by atoms with Gasteiger partial charge in [0.15, 0.2) is 0 Å². The summed E-state index contributed by atoms with van der Waals surface area (Å²) in [4.78, 5) is 22.3. The second-order valence-corrected chi connectivity index (χ2v) is 5.62. The molecule has 108 valence electrons. The first kappa shape index (κ1) is 15.1. The Bertz CT molecular complexity index is 529. The van der Waals surface area contributed by atoms with Gasteiger partial charge in [-0.25, -0.2) is 0 Å². The fraction of sp³-hybridized carbons (Fsp3) is 0.385. The molecule has 1 aliphatic rings. The number of carbonyl (C=O) groups excluding carboxylic acids is 1. The highest BCUT2D eigenvalue weighted by Gasteiger charge is 2.48. The molecule has 5 nitrogen and oxygen atoms in total. The summed E-state index contributed by atoms with van der Waals surface area (Å²) >= 11 is 11.6. The van der Waals surface area contributed by atoms with Crippen LogP contribution in [0.2, 0.25) is 10.0 Å². The lowest BCUT2D eigenvalue weighted by molar-refractivity contribution is -0.140. The number of halogens is 2. The Hall–Kier alpha value is -1.30. The number of nitrogens with one attached hydrogen (secondary N) is 1. The van der Waals surface area contributed by atoms with Crippen LogP contribution in [0.15, 0.2) is 18.2 Å². The van der Waals surface area contributed by atoms with Crippen LogP contribution in [-0.2, 0) is 9.59 Å². The Balaban J connectivity index is 1.88. The van der Waals surface area contributed by atoms with E-state index in [9.17, 15) is 14.7 Å². The molecule has 0 bridgehead atoms. The molecule has 3 atom stereocenters. The van der Waals surface area contributed by atoms with Crippen molar-refractivity contribution in [2.75, 3.05) is 6.54 Å². The van der Waals surface area contributed by atoms with Gasteiger partial charge >= 0.3 is 5.97 Å². The topological polar surface area (TPSA) is 86.6 Å². The number of aliphatic carboxylic acids is 1. The number of aliphatic hydroxyl groups is 1. The van der Waals surface area contributed by atoms with Crippen LogP contribution in [0.3, 0.4) is 0 Å². The number of amides is 1. The molecule has 1 fully saturated rings. The van der Waals surface area contributed by atoms with Crippen LogP contribution < -0.4 is 5.32 Å². The molecule has 1 aliphatic carbocycles. The summed E-state index contributed by atoms with van der Waals surface area (Å²) in [6, 6.07) is 4.66. The molecular weight excluding hydrogens is 305 g/mol. The van der Waals surface area contributed by atoms with Gasteiger partial charge in [-0.05, 0) is 30.2 Å². The lowest BCUT2D eigenvalue weighted by atomic mass is 10.1. The van der Waals surface area contributed by atoms with Crippen molar-refractivity contribution in [3.63, 3.8) is 0 Å². The molecule has 0 radical (unpaired) electrons. The fourth-order valence-corrected chi connectivity index (χ4v) is 2.51. The highest BCUT2D eigenvalue weighted by molar-refractivity contribution is 6.34. The van der Waals surface area contributed by atoms with Crippen LogP contribution in [-0.4, -0.2) is 28.6 Å². The second kappa shape index (κ2) is 5.99. The number of carbonyl (C=O) groups is 2. The number of benzene rings is 1. The standard InChI is InChI=1S/C13H13Cl2NO4/c14-7-1-6(2-8(15)3-7)11(17)5-16-12(18)9-4-10(9)13(19)20/h1-3,9-11,17H,4-5H2,(H,16,18)(H,19,20)/t9-,10+,11+/m0/s1. The quantitative estimate of drug-likeness (QED) is 0.773. The predicted molar refractivity (Wildman–Crippen MR) is 73.7 cm³/mol. The minimum absolute atomic E-state index is 0.0155. The highest BCUT2D eigenvalue weighted by atomic mass is 35.5. The van der Waals surface area contributed by atoms with E-state index < -0.39 is 23.9 Å². The largest absolute Gasteiger partial charge is 0.481 e. The Kier molecular flexibility index (Phi) is 4.52. The molecule has 0 unspecified atom stereocenters. The molecule has 0 aromatic heterocycles. The van der Waals surface area contributed by atoms with Crippen molar-refractivity contribution in [3.05, 3.63) is 33.8 Å². The molecule has 1 amide bonds. The van der Waals surface area contributed by atoms with Crippen LogP contribution in [0, 0.1) is 11.8 Å². The predicted octanol–water partition coefficient (Wildman–Crippen LogP) is 1.86. The first-order valence-corrected chi connectivity index (χ1v) is 6.78.